The number of rotatable bonds is 6. The van der Waals surface area contributed by atoms with Crippen LogP contribution in [0, 0.1) is 0 Å². The zero-order chi connectivity index (χ0) is 16.1. The van der Waals surface area contributed by atoms with Crippen LogP contribution in [0.1, 0.15) is 37.7 Å². The summed E-state index contributed by atoms with van der Waals surface area (Å²) in [5.74, 6) is -0.118. The molecule has 1 atom stereocenters. The van der Waals surface area contributed by atoms with Gasteiger partial charge in [0, 0.05) is 17.5 Å². The molecule has 0 radical (unpaired) electrons. The lowest BCUT2D eigenvalue weighted by Crippen LogP contribution is -2.11. The normalized spacial score (nSPS) is 12.3. The monoisotopic (exact) mass is 302 g/mol. The van der Waals surface area contributed by atoms with E-state index in [1.807, 2.05) is 24.3 Å². The third-order valence-electron chi connectivity index (χ3n) is 3.93. The molecule has 0 saturated heterocycles. The van der Waals surface area contributed by atoms with E-state index in [0.717, 1.165) is 35.7 Å². The van der Waals surface area contributed by atoms with E-state index in [1.54, 1.807) is 13.1 Å². The fourth-order valence-electron chi connectivity index (χ4n) is 2.80. The molecule has 1 heterocycles. The van der Waals surface area contributed by atoms with Gasteiger partial charge in [0.1, 0.15) is 5.78 Å². The van der Waals surface area contributed by atoms with Gasteiger partial charge in [0.2, 0.25) is 0 Å². The number of benzene rings is 1. The minimum atomic E-state index is -0.452. The number of ketones is 1. The van der Waals surface area contributed by atoms with E-state index in [0.29, 0.717) is 6.54 Å². The number of unbranched alkanes of at least 4 members (excludes halogenated alkanes) is 1. The molecular weight excluding hydrogens is 280 g/mol. The van der Waals surface area contributed by atoms with Crippen LogP contribution in [-0.2, 0) is 9.53 Å². The van der Waals surface area contributed by atoms with Gasteiger partial charge in [-0.2, -0.15) is 0 Å². The highest BCUT2D eigenvalue weighted by atomic mass is 16.5. The summed E-state index contributed by atoms with van der Waals surface area (Å²) < 4.78 is 6.28. The SMILES string of the molecule is COC(=O)n1cc(C(CCCCN)C(C)=O)c2ccccc21. The molecule has 5 heteroatoms. The van der Waals surface area contributed by atoms with E-state index in [4.69, 9.17) is 10.5 Å². The first-order chi connectivity index (χ1) is 10.6. The molecule has 0 fully saturated rings. The summed E-state index contributed by atoms with van der Waals surface area (Å²) in [4.78, 5) is 24.0. The van der Waals surface area contributed by atoms with Gasteiger partial charge in [0.15, 0.2) is 0 Å². The second-order valence-corrected chi connectivity index (χ2v) is 5.39. The van der Waals surface area contributed by atoms with E-state index in [-0.39, 0.29) is 11.7 Å². The average molecular weight is 302 g/mol. The van der Waals surface area contributed by atoms with E-state index >= 15 is 0 Å². The van der Waals surface area contributed by atoms with Crippen LogP contribution in [0.4, 0.5) is 4.79 Å². The van der Waals surface area contributed by atoms with Crippen LogP contribution in [0.2, 0.25) is 0 Å². The zero-order valence-electron chi connectivity index (χ0n) is 13.0. The maximum atomic E-state index is 12.1. The van der Waals surface area contributed by atoms with Crippen molar-refractivity contribution < 1.29 is 14.3 Å². The van der Waals surface area contributed by atoms with Gasteiger partial charge in [-0.3, -0.25) is 9.36 Å². The molecule has 1 unspecified atom stereocenters. The molecule has 0 aliphatic carbocycles. The van der Waals surface area contributed by atoms with Crippen LogP contribution in [0.3, 0.4) is 0 Å². The topological polar surface area (TPSA) is 74.3 Å². The molecule has 0 spiro atoms. The van der Waals surface area contributed by atoms with Crippen molar-refractivity contribution in [2.75, 3.05) is 13.7 Å². The lowest BCUT2D eigenvalue weighted by atomic mass is 9.90. The van der Waals surface area contributed by atoms with E-state index in [2.05, 4.69) is 0 Å². The molecule has 0 aliphatic heterocycles. The minimum Gasteiger partial charge on any atom is -0.452 e. The largest absolute Gasteiger partial charge is 0.452 e. The van der Waals surface area contributed by atoms with Gasteiger partial charge in [-0.1, -0.05) is 24.6 Å². The second-order valence-electron chi connectivity index (χ2n) is 5.39. The lowest BCUT2D eigenvalue weighted by Gasteiger charge is -2.12. The number of hydrogen-bond acceptors (Lipinski definition) is 4. The Morgan fingerprint density at radius 2 is 2.00 bits per heavy atom. The number of nitrogens with zero attached hydrogens (tertiary/aromatic N) is 1. The number of Topliss-reactive ketones (excluding diaryl/α,β-unsaturated/α-hetero) is 1. The van der Waals surface area contributed by atoms with Crippen LogP contribution in [-0.4, -0.2) is 30.1 Å². The quantitative estimate of drug-likeness (QED) is 0.832. The average Bonchev–Trinajstić information content (AvgIpc) is 2.90. The Morgan fingerprint density at radius 1 is 1.27 bits per heavy atom. The van der Waals surface area contributed by atoms with Crippen molar-refractivity contribution >= 4 is 22.8 Å². The summed E-state index contributed by atoms with van der Waals surface area (Å²) in [6.07, 6.45) is 3.79. The van der Waals surface area contributed by atoms with E-state index in [9.17, 15) is 9.59 Å². The molecule has 0 aliphatic rings. The highest BCUT2D eigenvalue weighted by molar-refractivity contribution is 5.96. The third-order valence-corrected chi connectivity index (χ3v) is 3.93. The van der Waals surface area contributed by atoms with Gasteiger partial charge < -0.3 is 10.5 Å². The number of carbonyl (C=O) groups is 2. The number of para-hydroxylation sites is 1. The number of methoxy groups -OCH3 is 1. The second kappa shape index (κ2) is 7.22. The van der Waals surface area contributed by atoms with Crippen molar-refractivity contribution in [2.24, 2.45) is 5.73 Å². The van der Waals surface area contributed by atoms with E-state index < -0.39 is 6.09 Å². The molecule has 118 valence electrons. The van der Waals surface area contributed by atoms with Crippen LogP contribution in [0.5, 0.6) is 0 Å². The number of aromatic nitrogens is 1. The zero-order valence-corrected chi connectivity index (χ0v) is 13.0. The summed E-state index contributed by atoms with van der Waals surface area (Å²) >= 11 is 0. The van der Waals surface area contributed by atoms with Gasteiger partial charge >= 0.3 is 6.09 Å². The number of hydrogen-bond donors (Lipinski definition) is 1. The van der Waals surface area contributed by atoms with E-state index in [1.165, 1.54) is 11.7 Å². The molecule has 0 amide bonds. The fourth-order valence-corrected chi connectivity index (χ4v) is 2.80. The number of carbonyl (C=O) groups excluding carboxylic acids is 2. The fraction of sp³-hybridized carbons (Fsp3) is 0.412. The Bertz CT molecular complexity index is 676. The number of nitrogens with two attached hydrogens (primary N) is 1. The maximum Gasteiger partial charge on any atom is 0.418 e. The molecule has 0 saturated carbocycles. The number of fused-ring (bicyclic) bond motifs is 1. The smallest absolute Gasteiger partial charge is 0.418 e. The first-order valence-electron chi connectivity index (χ1n) is 7.49. The molecule has 0 bridgehead atoms. The molecule has 5 nitrogen and oxygen atoms in total. The summed E-state index contributed by atoms with van der Waals surface area (Å²) in [6, 6.07) is 7.56. The Kier molecular flexibility index (Phi) is 5.33. The van der Waals surface area contributed by atoms with Gasteiger partial charge in [-0.25, -0.2) is 4.79 Å². The summed E-state index contributed by atoms with van der Waals surface area (Å²) in [6.45, 7) is 2.21. The molecule has 1 aromatic heterocycles. The highest BCUT2D eigenvalue weighted by Gasteiger charge is 2.23. The van der Waals surface area contributed by atoms with Crippen molar-refractivity contribution in [1.82, 2.24) is 4.57 Å². The van der Waals surface area contributed by atoms with Gasteiger partial charge in [0.25, 0.3) is 0 Å². The lowest BCUT2D eigenvalue weighted by molar-refractivity contribution is -0.118. The maximum absolute atomic E-state index is 12.1. The van der Waals surface area contributed by atoms with Gasteiger partial charge in [-0.15, -0.1) is 0 Å². The van der Waals surface area contributed by atoms with Crippen molar-refractivity contribution in [3.63, 3.8) is 0 Å². The molecule has 2 aromatic rings. The summed E-state index contributed by atoms with van der Waals surface area (Å²) in [5, 5.41) is 0.917. The molecule has 2 rings (SSSR count). The van der Waals surface area contributed by atoms with Crippen LogP contribution < -0.4 is 5.73 Å². The van der Waals surface area contributed by atoms with Crippen molar-refractivity contribution in [2.45, 2.75) is 32.1 Å². The van der Waals surface area contributed by atoms with Crippen LogP contribution in [0.25, 0.3) is 10.9 Å². The highest BCUT2D eigenvalue weighted by Crippen LogP contribution is 2.31. The first kappa shape index (κ1) is 16.2. The Morgan fingerprint density at radius 3 is 2.64 bits per heavy atom. The van der Waals surface area contributed by atoms with Crippen molar-refractivity contribution in [3.05, 3.63) is 36.0 Å². The van der Waals surface area contributed by atoms with Crippen molar-refractivity contribution in [3.8, 4) is 0 Å². The summed E-state index contributed by atoms with van der Waals surface area (Å²) in [5.41, 5.74) is 7.17. The van der Waals surface area contributed by atoms with Crippen LogP contribution >= 0.6 is 0 Å². The molecule has 22 heavy (non-hydrogen) atoms. The summed E-state index contributed by atoms with van der Waals surface area (Å²) in [7, 11) is 1.35. The molecule has 2 N–H and O–H groups in total. The molecular formula is C17H22N2O3. The Balaban J connectivity index is 2.48. The Labute approximate surface area is 130 Å². The third kappa shape index (κ3) is 3.20. The predicted molar refractivity (Wildman–Crippen MR) is 86.1 cm³/mol. The first-order valence-corrected chi connectivity index (χ1v) is 7.49. The van der Waals surface area contributed by atoms with Crippen LogP contribution in [0.15, 0.2) is 30.5 Å². The van der Waals surface area contributed by atoms with Gasteiger partial charge in [-0.05, 0) is 37.9 Å². The predicted octanol–water partition coefficient (Wildman–Crippen LogP) is 3.06. The minimum absolute atomic E-state index is 0.102. The standard InChI is InChI=1S/C17H22N2O3/c1-12(20)13(7-5-6-10-18)15-11-19(17(21)22-2)16-9-4-3-8-14(15)16/h3-4,8-9,11,13H,5-7,10,18H2,1-2H3. The van der Waals surface area contributed by atoms with Crippen molar-refractivity contribution in [1.29, 1.82) is 0 Å². The molecule has 1 aromatic carbocycles. The Hall–Kier alpha value is -2.14. The number of ether oxygens (including phenoxy) is 1. The van der Waals surface area contributed by atoms with Gasteiger partial charge in [0.05, 0.1) is 12.6 Å².